The third-order valence-electron chi connectivity index (χ3n) is 2.89. The van der Waals surface area contributed by atoms with E-state index in [1.165, 1.54) is 12.1 Å². The highest BCUT2D eigenvalue weighted by Crippen LogP contribution is 2.21. The van der Waals surface area contributed by atoms with Gasteiger partial charge in [0.15, 0.2) is 11.6 Å². The Hall–Kier alpha value is -1.63. The van der Waals surface area contributed by atoms with E-state index in [1.54, 1.807) is 31.2 Å². The van der Waals surface area contributed by atoms with Gasteiger partial charge in [-0.2, -0.15) is 0 Å². The quantitative estimate of drug-likeness (QED) is 0.875. The van der Waals surface area contributed by atoms with Gasteiger partial charge < -0.3 is 4.74 Å². The van der Waals surface area contributed by atoms with Crippen LogP contribution in [-0.2, 0) is 16.6 Å². The van der Waals surface area contributed by atoms with Crippen molar-refractivity contribution in [3.05, 3.63) is 58.9 Å². The first-order valence-electron chi connectivity index (χ1n) is 6.59. The van der Waals surface area contributed by atoms with Crippen molar-refractivity contribution < 1.29 is 17.5 Å². The van der Waals surface area contributed by atoms with Crippen LogP contribution < -0.4 is 9.46 Å². The minimum Gasteiger partial charge on any atom is -0.491 e. The Balaban J connectivity index is 2.13. The normalized spacial score (nSPS) is 11.4. The SMILES string of the molecule is CCOc1ccc(S(=O)(=O)NCc2ccc(Cl)cc2)cc1F. The van der Waals surface area contributed by atoms with Gasteiger partial charge in [-0.3, -0.25) is 0 Å². The van der Waals surface area contributed by atoms with Crippen molar-refractivity contribution in [3.63, 3.8) is 0 Å². The highest BCUT2D eigenvalue weighted by molar-refractivity contribution is 7.89. The molecule has 0 spiro atoms. The molecule has 0 aromatic heterocycles. The Morgan fingerprint density at radius 3 is 2.45 bits per heavy atom. The molecule has 7 heteroatoms. The first-order valence-corrected chi connectivity index (χ1v) is 8.45. The summed E-state index contributed by atoms with van der Waals surface area (Å²) >= 11 is 5.76. The molecule has 0 saturated heterocycles. The number of hydrogen-bond donors (Lipinski definition) is 1. The van der Waals surface area contributed by atoms with Crippen molar-refractivity contribution >= 4 is 21.6 Å². The average Bonchev–Trinajstić information content (AvgIpc) is 2.49. The number of halogens is 2. The number of benzene rings is 2. The van der Waals surface area contributed by atoms with E-state index in [-0.39, 0.29) is 17.2 Å². The van der Waals surface area contributed by atoms with Crippen molar-refractivity contribution in [1.29, 1.82) is 0 Å². The van der Waals surface area contributed by atoms with Gasteiger partial charge in [0.25, 0.3) is 0 Å². The molecule has 0 aliphatic rings. The molecule has 2 aromatic carbocycles. The van der Waals surface area contributed by atoms with Crippen molar-refractivity contribution in [3.8, 4) is 5.75 Å². The molecule has 0 fully saturated rings. The van der Waals surface area contributed by atoms with Crippen LogP contribution in [0.5, 0.6) is 5.75 Å². The van der Waals surface area contributed by atoms with Crippen LogP contribution in [0.15, 0.2) is 47.4 Å². The molecular formula is C15H15ClFNO3S. The van der Waals surface area contributed by atoms with E-state index in [1.807, 2.05) is 0 Å². The van der Waals surface area contributed by atoms with Gasteiger partial charge >= 0.3 is 0 Å². The molecule has 0 saturated carbocycles. The molecule has 118 valence electrons. The van der Waals surface area contributed by atoms with Crippen molar-refractivity contribution in [2.24, 2.45) is 0 Å². The zero-order valence-electron chi connectivity index (χ0n) is 11.8. The fraction of sp³-hybridized carbons (Fsp3) is 0.200. The molecule has 0 amide bonds. The van der Waals surface area contributed by atoms with Gasteiger partial charge in [-0.15, -0.1) is 0 Å². The van der Waals surface area contributed by atoms with Gasteiger partial charge in [0.05, 0.1) is 11.5 Å². The molecule has 4 nitrogen and oxygen atoms in total. The fourth-order valence-electron chi connectivity index (χ4n) is 1.79. The summed E-state index contributed by atoms with van der Waals surface area (Å²) in [6.45, 7) is 2.12. The van der Waals surface area contributed by atoms with E-state index in [9.17, 15) is 12.8 Å². The lowest BCUT2D eigenvalue weighted by atomic mass is 10.2. The summed E-state index contributed by atoms with van der Waals surface area (Å²) in [6.07, 6.45) is 0. The van der Waals surface area contributed by atoms with Crippen molar-refractivity contribution in [2.75, 3.05) is 6.61 Å². The smallest absolute Gasteiger partial charge is 0.240 e. The maximum Gasteiger partial charge on any atom is 0.240 e. The second-order valence-electron chi connectivity index (χ2n) is 4.48. The van der Waals surface area contributed by atoms with Crippen LogP contribution >= 0.6 is 11.6 Å². The summed E-state index contributed by atoms with van der Waals surface area (Å²) in [7, 11) is -3.80. The lowest BCUT2D eigenvalue weighted by Gasteiger charge is -2.09. The van der Waals surface area contributed by atoms with E-state index in [4.69, 9.17) is 16.3 Å². The number of rotatable bonds is 6. The first-order chi connectivity index (χ1) is 10.4. The number of sulfonamides is 1. The van der Waals surface area contributed by atoms with Crippen LogP contribution in [0, 0.1) is 5.82 Å². The Kier molecular flexibility index (Phi) is 5.39. The third kappa shape index (κ3) is 4.19. The standard InChI is InChI=1S/C15H15ClFNO3S/c1-2-21-15-8-7-13(9-14(15)17)22(19,20)18-10-11-3-5-12(16)6-4-11/h3-9,18H,2,10H2,1H3. The zero-order valence-corrected chi connectivity index (χ0v) is 13.4. The fourth-order valence-corrected chi connectivity index (χ4v) is 2.94. The third-order valence-corrected chi connectivity index (χ3v) is 4.54. The first kappa shape index (κ1) is 16.7. The second kappa shape index (κ2) is 7.09. The van der Waals surface area contributed by atoms with Crippen molar-refractivity contribution in [2.45, 2.75) is 18.4 Å². The molecule has 1 N–H and O–H groups in total. The lowest BCUT2D eigenvalue weighted by Crippen LogP contribution is -2.23. The second-order valence-corrected chi connectivity index (χ2v) is 6.68. The molecular weight excluding hydrogens is 329 g/mol. The topological polar surface area (TPSA) is 55.4 Å². The molecule has 0 bridgehead atoms. The van der Waals surface area contributed by atoms with Crippen LogP contribution in [-0.4, -0.2) is 15.0 Å². The summed E-state index contributed by atoms with van der Waals surface area (Å²) in [6, 6.07) is 10.3. The molecule has 0 unspecified atom stereocenters. The summed E-state index contributed by atoms with van der Waals surface area (Å²) in [5, 5.41) is 0.570. The van der Waals surface area contributed by atoms with Gasteiger partial charge in [0.2, 0.25) is 10.0 Å². The number of nitrogens with one attached hydrogen (secondary N) is 1. The van der Waals surface area contributed by atoms with Crippen molar-refractivity contribution in [1.82, 2.24) is 4.72 Å². The Bertz CT molecular complexity index is 748. The van der Waals surface area contributed by atoms with E-state index in [0.29, 0.717) is 11.6 Å². The van der Waals surface area contributed by atoms with Crippen LogP contribution in [0.1, 0.15) is 12.5 Å². The monoisotopic (exact) mass is 343 g/mol. The summed E-state index contributed by atoms with van der Waals surface area (Å²) in [5.74, 6) is -0.685. The largest absolute Gasteiger partial charge is 0.491 e. The minimum atomic E-state index is -3.80. The maximum absolute atomic E-state index is 13.7. The highest BCUT2D eigenvalue weighted by atomic mass is 35.5. The molecule has 22 heavy (non-hydrogen) atoms. The summed E-state index contributed by atoms with van der Waals surface area (Å²) in [4.78, 5) is -0.151. The van der Waals surface area contributed by atoms with Gasteiger partial charge in [0.1, 0.15) is 0 Å². The Labute approximate surface area is 133 Å². The van der Waals surface area contributed by atoms with Gasteiger partial charge in [-0.05, 0) is 42.8 Å². The predicted octanol–water partition coefficient (Wildman–Crippen LogP) is 3.36. The lowest BCUT2D eigenvalue weighted by molar-refractivity contribution is 0.321. The minimum absolute atomic E-state index is 0.0270. The molecule has 2 rings (SSSR count). The molecule has 0 aliphatic carbocycles. The number of ether oxygens (including phenoxy) is 1. The molecule has 0 atom stereocenters. The van der Waals surface area contributed by atoms with Crippen LogP contribution in [0.4, 0.5) is 4.39 Å². The van der Waals surface area contributed by atoms with Gasteiger partial charge in [-0.25, -0.2) is 17.5 Å². The highest BCUT2D eigenvalue weighted by Gasteiger charge is 2.16. The molecule has 2 aromatic rings. The van der Waals surface area contributed by atoms with E-state index in [2.05, 4.69) is 4.72 Å². The van der Waals surface area contributed by atoms with Crippen LogP contribution in [0.25, 0.3) is 0 Å². The van der Waals surface area contributed by atoms with Gasteiger partial charge in [0, 0.05) is 11.6 Å². The Morgan fingerprint density at radius 1 is 1.18 bits per heavy atom. The zero-order chi connectivity index (χ0) is 16.2. The van der Waals surface area contributed by atoms with E-state index < -0.39 is 15.8 Å². The summed E-state index contributed by atoms with van der Waals surface area (Å²) in [5.41, 5.74) is 0.749. The molecule has 0 radical (unpaired) electrons. The molecule has 0 heterocycles. The van der Waals surface area contributed by atoms with E-state index in [0.717, 1.165) is 11.6 Å². The Morgan fingerprint density at radius 2 is 1.86 bits per heavy atom. The molecule has 0 aliphatic heterocycles. The average molecular weight is 344 g/mol. The predicted molar refractivity (Wildman–Crippen MR) is 83.0 cm³/mol. The summed E-state index contributed by atoms with van der Waals surface area (Å²) < 4.78 is 45.5. The number of hydrogen-bond acceptors (Lipinski definition) is 3. The van der Waals surface area contributed by atoms with Crippen LogP contribution in [0.3, 0.4) is 0 Å². The van der Waals surface area contributed by atoms with Gasteiger partial charge in [-0.1, -0.05) is 23.7 Å². The van der Waals surface area contributed by atoms with Crippen LogP contribution in [0.2, 0.25) is 5.02 Å². The maximum atomic E-state index is 13.7. The van der Waals surface area contributed by atoms with E-state index >= 15 is 0 Å².